The highest BCUT2D eigenvalue weighted by atomic mass is 16.5. The summed E-state index contributed by atoms with van der Waals surface area (Å²) in [4.78, 5) is 18.0. The summed E-state index contributed by atoms with van der Waals surface area (Å²) in [6.07, 6.45) is 4.18. The summed E-state index contributed by atoms with van der Waals surface area (Å²) in [5, 5.41) is 0. The topological polar surface area (TPSA) is 42.4 Å². The first-order valence-corrected chi connectivity index (χ1v) is 6.44. The average Bonchev–Trinajstić information content (AvgIpc) is 2.39. The number of aromatic nitrogens is 1. The molecule has 1 aromatic rings. The lowest BCUT2D eigenvalue weighted by Crippen LogP contribution is -2.33. The Morgan fingerprint density at radius 2 is 2.39 bits per heavy atom. The number of nitrogens with zero attached hydrogens (tertiary/aromatic N) is 2. The monoisotopic (exact) mass is 248 g/mol. The molecule has 2 heterocycles. The van der Waals surface area contributed by atoms with E-state index < -0.39 is 0 Å². The first-order chi connectivity index (χ1) is 8.69. The van der Waals surface area contributed by atoms with E-state index in [0.717, 1.165) is 31.2 Å². The van der Waals surface area contributed by atoms with Crippen LogP contribution in [0.1, 0.15) is 35.8 Å². The van der Waals surface area contributed by atoms with Gasteiger partial charge in [0.2, 0.25) is 0 Å². The van der Waals surface area contributed by atoms with Gasteiger partial charge in [-0.1, -0.05) is 6.92 Å². The van der Waals surface area contributed by atoms with Crippen LogP contribution >= 0.6 is 0 Å². The third-order valence-electron chi connectivity index (χ3n) is 3.37. The molecule has 1 fully saturated rings. The van der Waals surface area contributed by atoms with Crippen LogP contribution in [-0.2, 0) is 11.3 Å². The minimum Gasteiger partial charge on any atom is -0.465 e. The first kappa shape index (κ1) is 13.0. The molecule has 0 amide bonds. The number of piperidine rings is 1. The van der Waals surface area contributed by atoms with E-state index in [2.05, 4.69) is 21.5 Å². The number of likely N-dealkylation sites (tertiary alicyclic amines) is 1. The van der Waals surface area contributed by atoms with Gasteiger partial charge in [0.05, 0.1) is 18.4 Å². The Morgan fingerprint density at radius 3 is 3.00 bits per heavy atom. The van der Waals surface area contributed by atoms with Crippen LogP contribution in [0.2, 0.25) is 0 Å². The molecule has 1 atom stereocenters. The summed E-state index contributed by atoms with van der Waals surface area (Å²) in [5.74, 6) is 0.439. The van der Waals surface area contributed by atoms with Crippen LogP contribution in [0.15, 0.2) is 18.3 Å². The van der Waals surface area contributed by atoms with Crippen molar-refractivity contribution in [2.75, 3.05) is 20.2 Å². The maximum atomic E-state index is 11.3. The quantitative estimate of drug-likeness (QED) is 0.768. The second-order valence-electron chi connectivity index (χ2n) is 5.01. The fourth-order valence-corrected chi connectivity index (χ4v) is 2.42. The molecule has 2 rings (SSSR count). The largest absolute Gasteiger partial charge is 0.465 e. The zero-order valence-corrected chi connectivity index (χ0v) is 11.1. The predicted molar refractivity (Wildman–Crippen MR) is 69.3 cm³/mol. The smallest absolute Gasteiger partial charge is 0.339 e. The Balaban J connectivity index is 1.95. The van der Waals surface area contributed by atoms with Crippen molar-refractivity contribution in [1.29, 1.82) is 0 Å². The summed E-state index contributed by atoms with van der Waals surface area (Å²) in [6, 6.07) is 3.69. The number of rotatable bonds is 3. The van der Waals surface area contributed by atoms with Gasteiger partial charge in [-0.25, -0.2) is 4.79 Å². The molecule has 18 heavy (non-hydrogen) atoms. The summed E-state index contributed by atoms with van der Waals surface area (Å²) < 4.78 is 4.65. The van der Waals surface area contributed by atoms with Gasteiger partial charge < -0.3 is 4.74 Å². The summed E-state index contributed by atoms with van der Waals surface area (Å²) in [5.41, 5.74) is 1.52. The predicted octanol–water partition coefficient (Wildman–Crippen LogP) is 2.10. The summed E-state index contributed by atoms with van der Waals surface area (Å²) in [6.45, 7) is 5.44. The molecule has 1 aliphatic rings. The molecule has 0 aliphatic carbocycles. The van der Waals surface area contributed by atoms with E-state index in [1.807, 2.05) is 6.07 Å². The number of pyridine rings is 1. The number of hydrogen-bond acceptors (Lipinski definition) is 4. The van der Waals surface area contributed by atoms with Gasteiger partial charge in [-0.3, -0.25) is 9.88 Å². The van der Waals surface area contributed by atoms with Crippen molar-refractivity contribution in [3.63, 3.8) is 0 Å². The van der Waals surface area contributed by atoms with Crippen LogP contribution in [0.5, 0.6) is 0 Å². The number of methoxy groups -OCH3 is 1. The second-order valence-corrected chi connectivity index (χ2v) is 5.01. The zero-order chi connectivity index (χ0) is 13.0. The molecule has 0 N–H and O–H groups in total. The third kappa shape index (κ3) is 3.29. The van der Waals surface area contributed by atoms with E-state index in [1.54, 1.807) is 12.3 Å². The highest BCUT2D eigenvalue weighted by Gasteiger charge is 2.16. The SMILES string of the molecule is COC(=O)c1ccc(CN2CCCC(C)C2)nc1. The third-order valence-corrected chi connectivity index (χ3v) is 3.37. The number of carbonyl (C=O) groups excluding carboxylic acids is 1. The van der Waals surface area contributed by atoms with Gasteiger partial charge in [0.25, 0.3) is 0 Å². The van der Waals surface area contributed by atoms with Gasteiger partial charge in [0.1, 0.15) is 0 Å². The van der Waals surface area contributed by atoms with E-state index >= 15 is 0 Å². The Labute approximate surface area is 108 Å². The molecule has 4 heteroatoms. The van der Waals surface area contributed by atoms with Crippen molar-refractivity contribution in [3.8, 4) is 0 Å². The normalized spacial score (nSPS) is 20.7. The minimum absolute atomic E-state index is 0.333. The molecule has 1 saturated heterocycles. The number of ether oxygens (including phenoxy) is 1. The highest BCUT2D eigenvalue weighted by molar-refractivity contribution is 5.88. The van der Waals surface area contributed by atoms with Crippen molar-refractivity contribution in [2.24, 2.45) is 5.92 Å². The molecule has 1 unspecified atom stereocenters. The molecule has 4 nitrogen and oxygen atoms in total. The lowest BCUT2D eigenvalue weighted by molar-refractivity contribution is 0.0600. The van der Waals surface area contributed by atoms with Crippen LogP contribution in [0.25, 0.3) is 0 Å². The first-order valence-electron chi connectivity index (χ1n) is 6.44. The molecule has 0 bridgehead atoms. The number of carbonyl (C=O) groups is 1. The van der Waals surface area contributed by atoms with Crippen LogP contribution in [0, 0.1) is 5.92 Å². The molecule has 98 valence electrons. The van der Waals surface area contributed by atoms with Crippen LogP contribution < -0.4 is 0 Å². The standard InChI is InChI=1S/C14H20N2O2/c1-11-4-3-7-16(9-11)10-13-6-5-12(8-15-13)14(17)18-2/h5-6,8,11H,3-4,7,9-10H2,1-2H3. The van der Waals surface area contributed by atoms with Crippen LogP contribution in [-0.4, -0.2) is 36.1 Å². The lowest BCUT2D eigenvalue weighted by atomic mass is 10.0. The Hall–Kier alpha value is -1.42. The molecule has 1 aromatic heterocycles. The van der Waals surface area contributed by atoms with E-state index in [-0.39, 0.29) is 5.97 Å². The van der Waals surface area contributed by atoms with E-state index in [0.29, 0.717) is 5.56 Å². The Bertz CT molecular complexity index is 403. The average molecular weight is 248 g/mol. The van der Waals surface area contributed by atoms with Gasteiger partial charge >= 0.3 is 5.97 Å². The molecule has 1 aliphatic heterocycles. The van der Waals surface area contributed by atoms with E-state index in [1.165, 1.54) is 20.0 Å². The fraction of sp³-hybridized carbons (Fsp3) is 0.571. The molecule has 0 saturated carbocycles. The van der Waals surface area contributed by atoms with Gasteiger partial charge in [-0.2, -0.15) is 0 Å². The maximum absolute atomic E-state index is 11.3. The van der Waals surface area contributed by atoms with Gasteiger partial charge in [0.15, 0.2) is 0 Å². The van der Waals surface area contributed by atoms with Gasteiger partial charge in [-0.15, -0.1) is 0 Å². The van der Waals surface area contributed by atoms with Crippen LogP contribution in [0.3, 0.4) is 0 Å². The van der Waals surface area contributed by atoms with Crippen LogP contribution in [0.4, 0.5) is 0 Å². The van der Waals surface area contributed by atoms with Crippen molar-refractivity contribution in [2.45, 2.75) is 26.3 Å². The molecule has 0 spiro atoms. The molecule has 0 radical (unpaired) electrons. The van der Waals surface area contributed by atoms with Gasteiger partial charge in [-0.05, 0) is 37.4 Å². The highest BCUT2D eigenvalue weighted by Crippen LogP contribution is 2.17. The minimum atomic E-state index is -0.333. The van der Waals surface area contributed by atoms with Gasteiger partial charge in [0, 0.05) is 19.3 Å². The van der Waals surface area contributed by atoms with Crippen molar-refractivity contribution < 1.29 is 9.53 Å². The van der Waals surface area contributed by atoms with E-state index in [9.17, 15) is 4.79 Å². The molecular formula is C14H20N2O2. The lowest BCUT2D eigenvalue weighted by Gasteiger charge is -2.30. The summed E-state index contributed by atoms with van der Waals surface area (Å²) >= 11 is 0. The Morgan fingerprint density at radius 1 is 1.56 bits per heavy atom. The number of esters is 1. The maximum Gasteiger partial charge on any atom is 0.339 e. The molecule has 0 aromatic carbocycles. The number of hydrogen-bond donors (Lipinski definition) is 0. The summed E-state index contributed by atoms with van der Waals surface area (Å²) in [7, 11) is 1.38. The second kappa shape index (κ2) is 5.96. The van der Waals surface area contributed by atoms with E-state index in [4.69, 9.17) is 0 Å². The van der Waals surface area contributed by atoms with Crippen molar-refractivity contribution in [3.05, 3.63) is 29.6 Å². The molecular weight excluding hydrogens is 228 g/mol. The van der Waals surface area contributed by atoms with Crippen molar-refractivity contribution in [1.82, 2.24) is 9.88 Å². The fourth-order valence-electron chi connectivity index (χ4n) is 2.42. The van der Waals surface area contributed by atoms with Crippen molar-refractivity contribution >= 4 is 5.97 Å². The Kier molecular flexibility index (Phi) is 4.31. The zero-order valence-electron chi connectivity index (χ0n) is 11.1.